The number of aliphatic imine (C=N–C) groups is 1. The Morgan fingerprint density at radius 3 is 2.68 bits per heavy atom. The van der Waals surface area contributed by atoms with E-state index in [9.17, 15) is 9.59 Å². The molecule has 1 amide bonds. The molecule has 0 unspecified atom stereocenters. The van der Waals surface area contributed by atoms with Crippen molar-refractivity contribution in [3.05, 3.63) is 0 Å². The van der Waals surface area contributed by atoms with Crippen LogP contribution in [0.1, 0.15) is 32.1 Å². The number of amides is 1. The maximum absolute atomic E-state index is 11.3. The Hall–Kier alpha value is -1.76. The van der Waals surface area contributed by atoms with Crippen LogP contribution in [0.2, 0.25) is 0 Å². The fraction of sp³-hybridized carbons (Fsp3) is 0.733. The average molecular weight is 310 g/mol. The van der Waals surface area contributed by atoms with Crippen molar-refractivity contribution in [2.24, 2.45) is 16.1 Å². The first kappa shape index (κ1) is 18.3. The standard InChI is InChI=1S/C15H26N4O3/c1-16-11-14(20)4-2-3-13-5-8-19(9-6-13)10-7-17-15(21)12-18-22/h11-13,22H,2-10H2,1H3,(H,17,21)/b16-11?,18-12+. The van der Waals surface area contributed by atoms with Gasteiger partial charge in [0.1, 0.15) is 6.21 Å². The number of ketones is 1. The summed E-state index contributed by atoms with van der Waals surface area (Å²) < 4.78 is 0. The zero-order chi connectivity index (χ0) is 16.2. The quantitative estimate of drug-likeness (QED) is 0.372. The van der Waals surface area contributed by atoms with E-state index < -0.39 is 0 Å². The topological polar surface area (TPSA) is 94.4 Å². The lowest BCUT2D eigenvalue weighted by atomic mass is 9.91. The zero-order valence-corrected chi connectivity index (χ0v) is 13.2. The fourth-order valence-corrected chi connectivity index (χ4v) is 2.71. The number of carbonyl (C=O) groups excluding carboxylic acids is 2. The van der Waals surface area contributed by atoms with Crippen molar-refractivity contribution in [1.82, 2.24) is 10.2 Å². The van der Waals surface area contributed by atoms with Crippen molar-refractivity contribution < 1.29 is 14.8 Å². The summed E-state index contributed by atoms with van der Waals surface area (Å²) in [6, 6.07) is 0. The van der Waals surface area contributed by atoms with E-state index in [0.717, 1.165) is 51.5 Å². The molecular weight excluding hydrogens is 284 g/mol. The van der Waals surface area contributed by atoms with E-state index in [0.29, 0.717) is 18.9 Å². The summed E-state index contributed by atoms with van der Waals surface area (Å²) in [6.45, 7) is 3.42. The highest BCUT2D eigenvalue weighted by atomic mass is 16.4. The molecule has 0 aromatic carbocycles. The van der Waals surface area contributed by atoms with Gasteiger partial charge in [0, 0.05) is 26.6 Å². The van der Waals surface area contributed by atoms with Gasteiger partial charge in [0.2, 0.25) is 0 Å². The van der Waals surface area contributed by atoms with Crippen molar-refractivity contribution in [3.63, 3.8) is 0 Å². The van der Waals surface area contributed by atoms with Crippen LogP contribution in [0.4, 0.5) is 0 Å². The molecule has 124 valence electrons. The molecule has 0 aliphatic carbocycles. The Morgan fingerprint density at radius 1 is 1.32 bits per heavy atom. The minimum absolute atomic E-state index is 0.113. The number of nitrogens with zero attached hydrogens (tertiary/aromatic N) is 3. The monoisotopic (exact) mass is 310 g/mol. The van der Waals surface area contributed by atoms with Crippen LogP contribution in [0.3, 0.4) is 0 Å². The Labute approximate surface area is 131 Å². The van der Waals surface area contributed by atoms with Crippen LogP contribution >= 0.6 is 0 Å². The smallest absolute Gasteiger partial charge is 0.265 e. The number of hydrogen-bond donors (Lipinski definition) is 2. The molecule has 2 N–H and O–H groups in total. The molecule has 0 bridgehead atoms. The molecule has 1 aliphatic heterocycles. The van der Waals surface area contributed by atoms with E-state index in [-0.39, 0.29) is 11.7 Å². The second-order valence-corrected chi connectivity index (χ2v) is 5.57. The van der Waals surface area contributed by atoms with Crippen LogP contribution in [0.5, 0.6) is 0 Å². The van der Waals surface area contributed by atoms with E-state index >= 15 is 0 Å². The summed E-state index contributed by atoms with van der Waals surface area (Å²) >= 11 is 0. The van der Waals surface area contributed by atoms with Crippen LogP contribution in [0.25, 0.3) is 0 Å². The summed E-state index contributed by atoms with van der Waals surface area (Å²) in [4.78, 5) is 28.5. The van der Waals surface area contributed by atoms with Crippen molar-refractivity contribution in [3.8, 4) is 0 Å². The molecule has 7 nitrogen and oxygen atoms in total. The van der Waals surface area contributed by atoms with Crippen LogP contribution in [-0.4, -0.2) is 67.5 Å². The third-order valence-electron chi connectivity index (χ3n) is 3.92. The number of rotatable bonds is 9. The minimum Gasteiger partial charge on any atom is -0.411 e. The van der Waals surface area contributed by atoms with Gasteiger partial charge in [0.15, 0.2) is 5.78 Å². The van der Waals surface area contributed by atoms with Gasteiger partial charge in [-0.2, -0.15) is 0 Å². The van der Waals surface area contributed by atoms with Crippen molar-refractivity contribution in [2.45, 2.75) is 32.1 Å². The highest BCUT2D eigenvalue weighted by molar-refractivity contribution is 6.27. The third kappa shape index (κ3) is 7.87. The van der Waals surface area contributed by atoms with Gasteiger partial charge in [-0.05, 0) is 44.7 Å². The van der Waals surface area contributed by atoms with Crippen molar-refractivity contribution in [1.29, 1.82) is 0 Å². The first-order valence-corrected chi connectivity index (χ1v) is 7.78. The highest BCUT2D eigenvalue weighted by Crippen LogP contribution is 2.22. The number of likely N-dealkylation sites (tertiary alicyclic amines) is 1. The van der Waals surface area contributed by atoms with E-state index in [1.54, 1.807) is 7.05 Å². The molecule has 1 rings (SSSR count). The lowest BCUT2D eigenvalue weighted by Crippen LogP contribution is -2.39. The molecular formula is C15H26N4O3. The summed E-state index contributed by atoms with van der Waals surface area (Å²) in [7, 11) is 1.62. The Morgan fingerprint density at radius 2 is 2.05 bits per heavy atom. The van der Waals surface area contributed by atoms with E-state index in [2.05, 4.69) is 20.4 Å². The number of nitrogens with one attached hydrogen (secondary N) is 1. The van der Waals surface area contributed by atoms with Crippen molar-refractivity contribution >= 4 is 24.1 Å². The fourth-order valence-electron chi connectivity index (χ4n) is 2.71. The minimum atomic E-state index is -0.377. The molecule has 22 heavy (non-hydrogen) atoms. The predicted molar refractivity (Wildman–Crippen MR) is 85.7 cm³/mol. The molecule has 0 radical (unpaired) electrons. The Bertz CT molecular complexity index is 364. The number of hydrogen-bond acceptors (Lipinski definition) is 6. The van der Waals surface area contributed by atoms with E-state index in [1.807, 2.05) is 0 Å². The number of oxime groups is 1. The van der Waals surface area contributed by atoms with Gasteiger partial charge in [-0.15, -0.1) is 0 Å². The summed E-state index contributed by atoms with van der Waals surface area (Å²) in [5.41, 5.74) is 0. The van der Waals surface area contributed by atoms with Gasteiger partial charge in [0.05, 0.1) is 6.21 Å². The van der Waals surface area contributed by atoms with Gasteiger partial charge < -0.3 is 15.4 Å². The molecule has 1 aliphatic rings. The highest BCUT2D eigenvalue weighted by Gasteiger charge is 2.18. The number of carbonyl (C=O) groups is 2. The van der Waals surface area contributed by atoms with E-state index in [4.69, 9.17) is 5.21 Å². The number of Topliss-reactive ketones (excluding diaryl/α,β-unsaturated/α-hetero) is 1. The molecule has 7 heteroatoms. The van der Waals surface area contributed by atoms with Gasteiger partial charge in [-0.1, -0.05) is 5.16 Å². The first-order chi connectivity index (χ1) is 10.7. The van der Waals surface area contributed by atoms with E-state index in [1.165, 1.54) is 6.21 Å². The molecule has 0 atom stereocenters. The zero-order valence-electron chi connectivity index (χ0n) is 13.2. The summed E-state index contributed by atoms with van der Waals surface area (Å²) in [5.74, 6) is 0.429. The second kappa shape index (κ2) is 10.9. The maximum Gasteiger partial charge on any atom is 0.265 e. The Balaban J connectivity index is 2.08. The van der Waals surface area contributed by atoms with Crippen LogP contribution in [0, 0.1) is 5.92 Å². The van der Waals surface area contributed by atoms with Crippen LogP contribution < -0.4 is 5.32 Å². The third-order valence-corrected chi connectivity index (χ3v) is 3.92. The van der Waals surface area contributed by atoms with Gasteiger partial charge >= 0.3 is 0 Å². The lowest BCUT2D eigenvalue weighted by molar-refractivity contribution is -0.114. The second-order valence-electron chi connectivity index (χ2n) is 5.57. The molecule has 1 fully saturated rings. The molecule has 0 aromatic heterocycles. The largest absolute Gasteiger partial charge is 0.411 e. The maximum atomic E-state index is 11.3. The van der Waals surface area contributed by atoms with Crippen LogP contribution in [-0.2, 0) is 9.59 Å². The van der Waals surface area contributed by atoms with Gasteiger partial charge in [-0.3, -0.25) is 14.6 Å². The number of piperidine rings is 1. The Kier molecular flexibility index (Phi) is 9.06. The molecule has 1 saturated heterocycles. The average Bonchev–Trinajstić information content (AvgIpc) is 2.49. The normalized spacial score (nSPS) is 17.3. The molecule has 0 aromatic rings. The summed E-state index contributed by atoms with van der Waals surface area (Å²) in [5, 5.41) is 13.6. The van der Waals surface area contributed by atoms with Gasteiger partial charge in [-0.25, -0.2) is 0 Å². The van der Waals surface area contributed by atoms with Gasteiger partial charge in [0.25, 0.3) is 5.91 Å². The first-order valence-electron chi connectivity index (χ1n) is 7.78. The molecule has 0 spiro atoms. The SMILES string of the molecule is CN=CC(=O)CCCC1CCN(CCNC(=O)/C=N/O)CC1. The predicted octanol–water partition coefficient (Wildman–Crippen LogP) is 0.715. The molecule has 1 heterocycles. The lowest BCUT2D eigenvalue weighted by Gasteiger charge is -2.31. The van der Waals surface area contributed by atoms with Crippen molar-refractivity contribution in [2.75, 3.05) is 33.2 Å². The summed E-state index contributed by atoms with van der Waals surface area (Å²) in [6.07, 6.45) is 7.17. The van der Waals surface area contributed by atoms with Crippen LogP contribution in [0.15, 0.2) is 10.1 Å². The molecule has 0 saturated carbocycles.